The van der Waals surface area contributed by atoms with Crippen LogP contribution in [-0.4, -0.2) is 6.61 Å². The molecule has 20 heavy (non-hydrogen) atoms. The third-order valence-electron chi connectivity index (χ3n) is 2.64. The fourth-order valence-electron chi connectivity index (χ4n) is 1.74. The molecule has 2 aromatic rings. The van der Waals surface area contributed by atoms with Gasteiger partial charge in [-0.3, -0.25) is 0 Å². The molecule has 2 rings (SSSR count). The molecular weight excluding hydrogens is 429 g/mol. The monoisotopic (exact) mass is 441 g/mol. The maximum Gasteiger partial charge on any atom is 0.148 e. The highest BCUT2D eigenvalue weighted by Crippen LogP contribution is 2.24. The zero-order valence-corrected chi connectivity index (χ0v) is 14.4. The average Bonchev–Trinajstić information content (AvgIpc) is 2.44. The van der Waals surface area contributed by atoms with E-state index >= 15 is 0 Å². The van der Waals surface area contributed by atoms with Gasteiger partial charge < -0.3 is 10.1 Å². The second kappa shape index (κ2) is 7.55. The quantitative estimate of drug-likeness (QED) is 0.537. The third-order valence-corrected chi connectivity index (χ3v) is 3.81. The summed E-state index contributed by atoms with van der Waals surface area (Å²) in [6.07, 6.45) is 5.24. The molecule has 0 saturated heterocycles. The van der Waals surface area contributed by atoms with Crippen molar-refractivity contribution in [2.45, 2.75) is 6.54 Å². The smallest absolute Gasteiger partial charge is 0.148 e. The molecule has 0 aromatic heterocycles. The van der Waals surface area contributed by atoms with E-state index in [2.05, 4.69) is 61.9 Å². The first kappa shape index (κ1) is 15.2. The highest BCUT2D eigenvalue weighted by atomic mass is 127. The van der Waals surface area contributed by atoms with Crippen LogP contribution >= 0.6 is 38.5 Å². The molecular formula is C16H13BrINO. The standard InChI is InChI=1S/C16H13BrINO/c1-2-8-20-16-7-6-13(17)9-12(16)11-19-15-5-3-4-14(18)10-15/h1,3-7,9-10,19H,8,11H2. The summed E-state index contributed by atoms with van der Waals surface area (Å²) < 4.78 is 7.77. The van der Waals surface area contributed by atoms with Gasteiger partial charge in [-0.2, -0.15) is 0 Å². The Balaban J connectivity index is 2.11. The minimum atomic E-state index is 0.276. The van der Waals surface area contributed by atoms with Crippen molar-refractivity contribution in [3.05, 3.63) is 56.1 Å². The SMILES string of the molecule is C#CCOc1ccc(Br)cc1CNc1cccc(I)c1. The molecule has 0 amide bonds. The van der Waals surface area contributed by atoms with Crippen LogP contribution in [0.5, 0.6) is 5.75 Å². The second-order valence-electron chi connectivity index (χ2n) is 4.11. The van der Waals surface area contributed by atoms with Crippen molar-refractivity contribution < 1.29 is 4.74 Å². The van der Waals surface area contributed by atoms with Gasteiger partial charge >= 0.3 is 0 Å². The Kier molecular flexibility index (Phi) is 5.74. The molecule has 0 spiro atoms. The van der Waals surface area contributed by atoms with Gasteiger partial charge in [0, 0.05) is 25.8 Å². The third kappa shape index (κ3) is 4.43. The molecule has 0 aliphatic rings. The Bertz CT molecular complexity index is 637. The van der Waals surface area contributed by atoms with E-state index in [0.29, 0.717) is 6.54 Å². The van der Waals surface area contributed by atoms with E-state index in [-0.39, 0.29) is 6.61 Å². The molecule has 102 valence electrons. The van der Waals surface area contributed by atoms with Gasteiger partial charge in [0.1, 0.15) is 12.4 Å². The number of rotatable bonds is 5. The Morgan fingerprint density at radius 3 is 2.85 bits per heavy atom. The van der Waals surface area contributed by atoms with E-state index in [0.717, 1.165) is 21.5 Å². The van der Waals surface area contributed by atoms with E-state index in [1.54, 1.807) is 0 Å². The summed E-state index contributed by atoms with van der Waals surface area (Å²) >= 11 is 5.77. The minimum Gasteiger partial charge on any atom is -0.481 e. The molecule has 0 heterocycles. The summed E-state index contributed by atoms with van der Waals surface area (Å²) in [4.78, 5) is 0. The number of hydrogen-bond acceptors (Lipinski definition) is 2. The van der Waals surface area contributed by atoms with Crippen molar-refractivity contribution in [1.82, 2.24) is 0 Å². The molecule has 0 saturated carbocycles. The fourth-order valence-corrected chi connectivity index (χ4v) is 2.69. The van der Waals surface area contributed by atoms with Crippen LogP contribution < -0.4 is 10.1 Å². The lowest BCUT2D eigenvalue weighted by atomic mass is 10.2. The van der Waals surface area contributed by atoms with Gasteiger partial charge in [-0.25, -0.2) is 0 Å². The Morgan fingerprint density at radius 1 is 1.25 bits per heavy atom. The van der Waals surface area contributed by atoms with Gasteiger partial charge in [-0.15, -0.1) is 6.42 Å². The maximum absolute atomic E-state index is 5.56. The largest absolute Gasteiger partial charge is 0.481 e. The molecule has 4 heteroatoms. The summed E-state index contributed by atoms with van der Waals surface area (Å²) in [5.74, 6) is 3.29. The lowest BCUT2D eigenvalue weighted by Crippen LogP contribution is -2.04. The topological polar surface area (TPSA) is 21.3 Å². The van der Waals surface area contributed by atoms with Gasteiger partial charge in [-0.1, -0.05) is 27.9 Å². The van der Waals surface area contributed by atoms with E-state index in [4.69, 9.17) is 11.2 Å². The highest BCUT2D eigenvalue weighted by molar-refractivity contribution is 14.1. The summed E-state index contributed by atoms with van der Waals surface area (Å²) in [6.45, 7) is 0.956. The zero-order valence-electron chi connectivity index (χ0n) is 10.7. The molecule has 2 aromatic carbocycles. The zero-order chi connectivity index (χ0) is 14.4. The van der Waals surface area contributed by atoms with E-state index < -0.39 is 0 Å². The fraction of sp³-hybridized carbons (Fsp3) is 0.125. The molecule has 0 aliphatic carbocycles. The first-order chi connectivity index (χ1) is 9.69. The summed E-state index contributed by atoms with van der Waals surface area (Å²) in [7, 11) is 0. The first-order valence-electron chi connectivity index (χ1n) is 6.03. The number of benzene rings is 2. The number of hydrogen-bond donors (Lipinski definition) is 1. The van der Waals surface area contributed by atoms with Gasteiger partial charge in [0.15, 0.2) is 0 Å². The Hall–Kier alpha value is -1.19. The van der Waals surface area contributed by atoms with Crippen molar-refractivity contribution in [2.24, 2.45) is 0 Å². The number of nitrogens with one attached hydrogen (secondary N) is 1. The van der Waals surface area contributed by atoms with Crippen LogP contribution in [0, 0.1) is 15.9 Å². The van der Waals surface area contributed by atoms with Crippen LogP contribution in [0.1, 0.15) is 5.56 Å². The Labute approximate surface area is 141 Å². The first-order valence-corrected chi connectivity index (χ1v) is 7.90. The summed E-state index contributed by atoms with van der Waals surface area (Å²) in [5.41, 5.74) is 2.15. The molecule has 0 radical (unpaired) electrons. The number of terminal acetylenes is 1. The van der Waals surface area contributed by atoms with Crippen molar-refractivity contribution in [2.75, 3.05) is 11.9 Å². The van der Waals surface area contributed by atoms with E-state index in [9.17, 15) is 0 Å². The Morgan fingerprint density at radius 2 is 2.10 bits per heavy atom. The van der Waals surface area contributed by atoms with Crippen LogP contribution in [0.3, 0.4) is 0 Å². The van der Waals surface area contributed by atoms with Crippen LogP contribution in [-0.2, 0) is 6.54 Å². The molecule has 1 N–H and O–H groups in total. The average molecular weight is 442 g/mol. The lowest BCUT2D eigenvalue weighted by Gasteiger charge is -2.12. The van der Waals surface area contributed by atoms with Gasteiger partial charge in [0.05, 0.1) is 0 Å². The summed E-state index contributed by atoms with van der Waals surface area (Å²) in [5, 5.41) is 3.39. The van der Waals surface area contributed by atoms with E-state index in [1.165, 1.54) is 3.57 Å². The van der Waals surface area contributed by atoms with E-state index in [1.807, 2.05) is 30.3 Å². The number of anilines is 1. The summed E-state index contributed by atoms with van der Waals surface area (Å²) in [6, 6.07) is 14.1. The molecule has 0 aliphatic heterocycles. The molecule has 0 fully saturated rings. The van der Waals surface area contributed by atoms with Crippen LogP contribution in [0.2, 0.25) is 0 Å². The van der Waals surface area contributed by atoms with Crippen molar-refractivity contribution in [3.63, 3.8) is 0 Å². The molecule has 0 unspecified atom stereocenters. The highest BCUT2D eigenvalue weighted by Gasteiger charge is 2.05. The van der Waals surface area contributed by atoms with Crippen molar-refractivity contribution in [1.29, 1.82) is 0 Å². The van der Waals surface area contributed by atoms with Crippen LogP contribution in [0.15, 0.2) is 46.9 Å². The number of halogens is 2. The normalized spacial score (nSPS) is 9.85. The minimum absolute atomic E-state index is 0.276. The van der Waals surface area contributed by atoms with Crippen molar-refractivity contribution in [3.8, 4) is 18.1 Å². The number of ether oxygens (including phenoxy) is 1. The van der Waals surface area contributed by atoms with Gasteiger partial charge in [0.25, 0.3) is 0 Å². The van der Waals surface area contributed by atoms with Gasteiger partial charge in [0.2, 0.25) is 0 Å². The molecule has 0 bridgehead atoms. The second-order valence-corrected chi connectivity index (χ2v) is 6.27. The predicted molar refractivity (Wildman–Crippen MR) is 95.0 cm³/mol. The van der Waals surface area contributed by atoms with Crippen LogP contribution in [0.4, 0.5) is 5.69 Å². The molecule has 2 nitrogen and oxygen atoms in total. The maximum atomic E-state index is 5.56. The van der Waals surface area contributed by atoms with Crippen LogP contribution in [0.25, 0.3) is 0 Å². The predicted octanol–water partition coefficient (Wildman–Crippen LogP) is 4.68. The van der Waals surface area contributed by atoms with Gasteiger partial charge in [-0.05, 0) is 59.0 Å². The molecule has 0 atom stereocenters. The lowest BCUT2D eigenvalue weighted by molar-refractivity contribution is 0.366. The van der Waals surface area contributed by atoms with Crippen molar-refractivity contribution >= 4 is 44.2 Å².